The lowest BCUT2D eigenvalue weighted by molar-refractivity contribution is -0.274. The highest BCUT2D eigenvalue weighted by molar-refractivity contribution is 7.89. The van der Waals surface area contributed by atoms with Crippen LogP contribution in [0.2, 0.25) is 0 Å². The number of benzene rings is 3. The van der Waals surface area contributed by atoms with Crippen molar-refractivity contribution in [1.29, 1.82) is 0 Å². The fraction of sp³-hybridized carbons (Fsp3) is 0.375. The summed E-state index contributed by atoms with van der Waals surface area (Å²) in [4.78, 5) is 9.37. The number of methoxy groups -OCH3 is 1. The number of hydrogen-bond donors (Lipinski definition) is 3. The Hall–Kier alpha value is -4.10. The number of aromatic nitrogens is 2. The molecule has 0 radical (unpaired) electrons. The Morgan fingerprint density at radius 1 is 0.822 bits per heavy atom. The van der Waals surface area contributed by atoms with Gasteiger partial charge in [-0.3, -0.25) is 0 Å². The molecule has 0 bridgehead atoms. The van der Waals surface area contributed by atoms with E-state index in [4.69, 9.17) is 14.7 Å². The molecule has 9 nitrogen and oxygen atoms in total. The third-order valence-corrected chi connectivity index (χ3v) is 9.35. The Morgan fingerprint density at radius 3 is 2.13 bits per heavy atom. The van der Waals surface area contributed by atoms with Crippen LogP contribution in [0.25, 0.3) is 10.9 Å². The van der Waals surface area contributed by atoms with Crippen LogP contribution in [-0.2, 0) is 16.4 Å². The topological polar surface area (TPSA) is 114 Å². The quantitative estimate of drug-likeness (QED) is 0.154. The standard InChI is InChI=1S/C32H36F3N5O4S/c1-43-25-12-10-22(11-13-25)18-19-36-30-28-4-2-3-5-29(28)39-31(40-30)37-20-23-6-8-24(9-7-23)21-38-45(41,42)27-16-14-26(15-17-27)44-32(33,34)35/h2-5,10-17,23-24,38H,6-9,18-21H2,1H3,(H2,36,37,39,40)/t23-,24-. The van der Waals surface area contributed by atoms with Gasteiger partial charge in [-0.15, -0.1) is 13.2 Å². The molecule has 0 unspecified atom stereocenters. The maximum atomic E-state index is 12.7. The molecule has 1 heterocycles. The van der Waals surface area contributed by atoms with Gasteiger partial charge in [-0.25, -0.2) is 18.1 Å². The zero-order valence-corrected chi connectivity index (χ0v) is 25.6. The Morgan fingerprint density at radius 2 is 1.47 bits per heavy atom. The van der Waals surface area contributed by atoms with Gasteiger partial charge in [-0.05, 0) is 98.0 Å². The van der Waals surface area contributed by atoms with E-state index in [1.165, 1.54) is 5.56 Å². The Balaban J connectivity index is 1.09. The Kier molecular flexibility index (Phi) is 10.3. The van der Waals surface area contributed by atoms with Gasteiger partial charge in [-0.2, -0.15) is 4.98 Å². The van der Waals surface area contributed by atoms with Crippen LogP contribution in [0.5, 0.6) is 11.5 Å². The zero-order valence-electron chi connectivity index (χ0n) is 24.8. The number of nitrogens with zero attached hydrogens (tertiary/aromatic N) is 2. The summed E-state index contributed by atoms with van der Waals surface area (Å²) < 4.78 is 74.1. The molecule has 3 aromatic carbocycles. The molecule has 0 aliphatic heterocycles. The zero-order chi connectivity index (χ0) is 31.9. The van der Waals surface area contributed by atoms with E-state index >= 15 is 0 Å². The minimum atomic E-state index is -4.84. The highest BCUT2D eigenvalue weighted by Gasteiger charge is 2.31. The molecule has 4 aromatic rings. The maximum absolute atomic E-state index is 12.7. The van der Waals surface area contributed by atoms with Crippen LogP contribution in [0, 0.1) is 11.8 Å². The molecule has 5 rings (SSSR count). The van der Waals surface area contributed by atoms with Crippen molar-refractivity contribution in [2.45, 2.75) is 43.4 Å². The molecular weight excluding hydrogens is 607 g/mol. The molecule has 240 valence electrons. The highest BCUT2D eigenvalue weighted by atomic mass is 32.2. The first-order chi connectivity index (χ1) is 21.6. The predicted molar refractivity (Wildman–Crippen MR) is 167 cm³/mol. The van der Waals surface area contributed by atoms with Crippen molar-refractivity contribution in [2.24, 2.45) is 11.8 Å². The normalized spacial score (nSPS) is 17.2. The molecule has 1 saturated carbocycles. The van der Waals surface area contributed by atoms with Gasteiger partial charge in [0.05, 0.1) is 17.5 Å². The molecule has 0 saturated heterocycles. The molecule has 3 N–H and O–H groups in total. The minimum absolute atomic E-state index is 0.111. The van der Waals surface area contributed by atoms with E-state index in [0.717, 1.165) is 78.8 Å². The average molecular weight is 644 g/mol. The SMILES string of the molecule is COc1ccc(CCNc2nc(NC[C@H]3CC[C@H](CNS(=O)(=O)c4ccc(OC(F)(F)F)cc4)CC3)nc3ccccc23)cc1. The summed E-state index contributed by atoms with van der Waals surface area (Å²) in [5, 5.41) is 7.83. The van der Waals surface area contributed by atoms with Crippen molar-refractivity contribution in [3.63, 3.8) is 0 Å². The van der Waals surface area contributed by atoms with Crippen LogP contribution in [0.1, 0.15) is 31.2 Å². The first-order valence-corrected chi connectivity index (χ1v) is 16.3. The van der Waals surface area contributed by atoms with Crippen molar-refractivity contribution in [3.05, 3.63) is 78.4 Å². The van der Waals surface area contributed by atoms with Crippen LogP contribution < -0.4 is 24.8 Å². The summed E-state index contributed by atoms with van der Waals surface area (Å²) in [7, 11) is -2.20. The van der Waals surface area contributed by atoms with E-state index in [-0.39, 0.29) is 17.4 Å². The second-order valence-electron chi connectivity index (χ2n) is 11.1. The van der Waals surface area contributed by atoms with Crippen molar-refractivity contribution >= 4 is 32.7 Å². The number of para-hydroxylation sites is 1. The van der Waals surface area contributed by atoms with Gasteiger partial charge in [0.25, 0.3) is 0 Å². The first-order valence-electron chi connectivity index (χ1n) is 14.8. The molecule has 1 aromatic heterocycles. The van der Waals surface area contributed by atoms with Gasteiger partial charge in [0.15, 0.2) is 0 Å². The van der Waals surface area contributed by atoms with Crippen molar-refractivity contribution in [2.75, 3.05) is 37.4 Å². The summed E-state index contributed by atoms with van der Waals surface area (Å²) in [5.74, 6) is 2.24. The highest BCUT2D eigenvalue weighted by Crippen LogP contribution is 2.30. The number of sulfonamides is 1. The monoisotopic (exact) mass is 643 g/mol. The number of ether oxygens (including phenoxy) is 2. The molecule has 1 aliphatic rings. The summed E-state index contributed by atoms with van der Waals surface area (Å²) in [5.41, 5.74) is 2.04. The Labute approximate surface area is 260 Å². The number of halogens is 3. The fourth-order valence-corrected chi connectivity index (χ4v) is 6.53. The van der Waals surface area contributed by atoms with E-state index in [0.29, 0.717) is 25.0 Å². The van der Waals surface area contributed by atoms with Gasteiger partial charge < -0.3 is 20.1 Å². The van der Waals surface area contributed by atoms with Gasteiger partial charge in [0.2, 0.25) is 16.0 Å². The number of nitrogens with one attached hydrogen (secondary N) is 3. The number of rotatable bonds is 13. The van der Waals surface area contributed by atoms with Gasteiger partial charge in [0, 0.05) is 25.0 Å². The molecule has 45 heavy (non-hydrogen) atoms. The molecule has 1 aliphatic carbocycles. The summed E-state index contributed by atoms with van der Waals surface area (Å²) in [6.45, 7) is 1.68. The maximum Gasteiger partial charge on any atom is 0.573 e. The lowest BCUT2D eigenvalue weighted by atomic mass is 9.82. The van der Waals surface area contributed by atoms with Gasteiger partial charge in [0.1, 0.15) is 17.3 Å². The van der Waals surface area contributed by atoms with Crippen molar-refractivity contribution in [1.82, 2.24) is 14.7 Å². The lowest BCUT2D eigenvalue weighted by Crippen LogP contribution is -2.32. The van der Waals surface area contributed by atoms with Crippen LogP contribution >= 0.6 is 0 Å². The van der Waals surface area contributed by atoms with Crippen LogP contribution in [0.3, 0.4) is 0 Å². The molecule has 0 atom stereocenters. The fourth-order valence-electron chi connectivity index (χ4n) is 5.41. The Bertz CT molecular complexity index is 1660. The smallest absolute Gasteiger partial charge is 0.497 e. The molecular formula is C32H36F3N5O4S. The number of anilines is 2. The summed E-state index contributed by atoms with van der Waals surface area (Å²) in [6, 6.07) is 20.1. The molecule has 0 amide bonds. The number of hydrogen-bond acceptors (Lipinski definition) is 8. The average Bonchev–Trinajstić information content (AvgIpc) is 3.03. The largest absolute Gasteiger partial charge is 0.573 e. The third-order valence-electron chi connectivity index (χ3n) is 7.91. The van der Waals surface area contributed by atoms with Crippen LogP contribution in [0.4, 0.5) is 24.9 Å². The second kappa shape index (κ2) is 14.3. The minimum Gasteiger partial charge on any atom is -0.497 e. The summed E-state index contributed by atoms with van der Waals surface area (Å²) in [6.07, 6.45) is -0.469. The van der Waals surface area contributed by atoms with E-state index in [1.807, 2.05) is 48.5 Å². The first kappa shape index (κ1) is 32.3. The van der Waals surface area contributed by atoms with Crippen molar-refractivity contribution in [3.8, 4) is 11.5 Å². The third kappa shape index (κ3) is 9.21. The summed E-state index contributed by atoms with van der Waals surface area (Å²) >= 11 is 0. The number of fused-ring (bicyclic) bond motifs is 1. The van der Waals surface area contributed by atoms with Crippen molar-refractivity contribution < 1.29 is 31.1 Å². The van der Waals surface area contributed by atoms with E-state index in [9.17, 15) is 21.6 Å². The van der Waals surface area contributed by atoms with Crippen LogP contribution in [-0.4, -0.2) is 51.5 Å². The molecule has 1 fully saturated rings. The lowest BCUT2D eigenvalue weighted by Gasteiger charge is -2.28. The van der Waals surface area contributed by atoms with Gasteiger partial charge >= 0.3 is 6.36 Å². The van der Waals surface area contributed by atoms with E-state index in [2.05, 4.69) is 20.1 Å². The van der Waals surface area contributed by atoms with E-state index in [1.54, 1.807) is 7.11 Å². The second-order valence-corrected chi connectivity index (χ2v) is 12.8. The van der Waals surface area contributed by atoms with E-state index < -0.39 is 22.1 Å². The van der Waals surface area contributed by atoms with Gasteiger partial charge in [-0.1, -0.05) is 24.3 Å². The van der Waals surface area contributed by atoms with Crippen LogP contribution in [0.15, 0.2) is 77.7 Å². The molecule has 13 heteroatoms. The predicted octanol–water partition coefficient (Wildman–Crippen LogP) is 6.39. The molecule has 0 spiro atoms. The number of alkyl halides is 3.